The second kappa shape index (κ2) is 13.0. The molecule has 0 amide bonds. The second-order valence-electron chi connectivity index (χ2n) is 7.96. The van der Waals surface area contributed by atoms with E-state index in [0.717, 1.165) is 38.8 Å². The van der Waals surface area contributed by atoms with Crippen LogP contribution >= 0.6 is 0 Å². The van der Waals surface area contributed by atoms with Crippen molar-refractivity contribution in [3.63, 3.8) is 0 Å². The van der Waals surface area contributed by atoms with Gasteiger partial charge in [-0.3, -0.25) is 0 Å². The summed E-state index contributed by atoms with van der Waals surface area (Å²) in [7, 11) is 0. The van der Waals surface area contributed by atoms with Crippen LogP contribution in [0.2, 0.25) is 0 Å². The van der Waals surface area contributed by atoms with Gasteiger partial charge in [0, 0.05) is 25.2 Å². The van der Waals surface area contributed by atoms with Crippen molar-refractivity contribution < 1.29 is 0 Å². The van der Waals surface area contributed by atoms with Gasteiger partial charge in [0.05, 0.1) is 0 Å². The Bertz CT molecular complexity index is 805. The fourth-order valence-corrected chi connectivity index (χ4v) is 3.80. The lowest BCUT2D eigenvalue weighted by Crippen LogP contribution is -2.47. The van der Waals surface area contributed by atoms with E-state index >= 15 is 0 Å². The average molecular weight is 402 g/mol. The van der Waals surface area contributed by atoms with Gasteiger partial charge in [-0.15, -0.1) is 0 Å². The number of hydrogen-bond donors (Lipinski definition) is 3. The van der Waals surface area contributed by atoms with Gasteiger partial charge in [-0.2, -0.15) is 0 Å². The fraction of sp³-hybridized carbons (Fsp3) is 0.333. The number of benzene rings is 3. The molecule has 3 heteroatoms. The Hall–Kier alpha value is -2.46. The van der Waals surface area contributed by atoms with Gasteiger partial charge < -0.3 is 16.4 Å². The summed E-state index contributed by atoms with van der Waals surface area (Å²) < 4.78 is 0. The summed E-state index contributed by atoms with van der Waals surface area (Å²) in [6.07, 6.45) is 4.23. The fourth-order valence-electron chi connectivity index (χ4n) is 3.80. The molecular formula is C27H35N3. The predicted octanol–water partition coefficient (Wildman–Crippen LogP) is 3.98. The molecule has 0 bridgehead atoms. The van der Waals surface area contributed by atoms with Gasteiger partial charge in [-0.25, -0.2) is 0 Å². The number of nitrogens with two attached hydrogens (primary N) is 1. The normalized spacial score (nSPS) is 13.1. The van der Waals surface area contributed by atoms with E-state index in [9.17, 15) is 0 Å². The predicted molar refractivity (Wildman–Crippen MR) is 128 cm³/mol. The van der Waals surface area contributed by atoms with Crippen molar-refractivity contribution in [2.24, 2.45) is 5.73 Å². The lowest BCUT2D eigenvalue weighted by atomic mass is 10.0. The molecule has 4 N–H and O–H groups in total. The molecule has 0 saturated carbocycles. The summed E-state index contributed by atoms with van der Waals surface area (Å²) in [4.78, 5) is 0. The molecule has 30 heavy (non-hydrogen) atoms. The Morgan fingerprint density at radius 1 is 0.600 bits per heavy atom. The largest absolute Gasteiger partial charge is 0.329 e. The Kier molecular flexibility index (Phi) is 9.61. The van der Waals surface area contributed by atoms with Crippen molar-refractivity contribution in [2.75, 3.05) is 19.6 Å². The molecular weight excluding hydrogens is 366 g/mol. The van der Waals surface area contributed by atoms with E-state index in [-0.39, 0.29) is 6.04 Å². The molecule has 0 radical (unpaired) electrons. The molecule has 0 aliphatic rings. The molecule has 3 aromatic rings. The van der Waals surface area contributed by atoms with Crippen LogP contribution in [0.1, 0.15) is 23.1 Å². The maximum Gasteiger partial charge on any atom is 0.0232 e. The summed E-state index contributed by atoms with van der Waals surface area (Å²) in [5.41, 5.74) is 10.2. The third-order valence-corrected chi connectivity index (χ3v) is 5.51. The summed E-state index contributed by atoms with van der Waals surface area (Å²) in [6, 6.07) is 32.7. The van der Waals surface area contributed by atoms with Gasteiger partial charge >= 0.3 is 0 Å². The molecule has 2 unspecified atom stereocenters. The third kappa shape index (κ3) is 8.11. The van der Waals surface area contributed by atoms with E-state index in [2.05, 4.69) is 102 Å². The molecule has 158 valence electrons. The standard InChI is InChI=1S/C27H35N3/c28-21-26(19-24-13-6-2-7-14-24)30-22-27(20-25-15-8-3-9-16-25)29-18-10-17-23-11-4-1-5-12-23/h1-9,11-16,26-27,29-30H,10,17-22,28H2. The Labute approximate surface area is 181 Å². The van der Waals surface area contributed by atoms with E-state index in [4.69, 9.17) is 5.73 Å². The molecule has 3 rings (SSSR count). The highest BCUT2D eigenvalue weighted by atomic mass is 15.0. The van der Waals surface area contributed by atoms with Gasteiger partial charge in [0.25, 0.3) is 0 Å². The highest BCUT2D eigenvalue weighted by Gasteiger charge is 2.13. The molecule has 0 spiro atoms. The van der Waals surface area contributed by atoms with Gasteiger partial charge in [-0.1, -0.05) is 91.0 Å². The molecule has 0 fully saturated rings. The van der Waals surface area contributed by atoms with Crippen molar-refractivity contribution >= 4 is 0 Å². The average Bonchev–Trinajstić information content (AvgIpc) is 2.81. The minimum Gasteiger partial charge on any atom is -0.329 e. The van der Waals surface area contributed by atoms with E-state index in [0.29, 0.717) is 12.6 Å². The Balaban J connectivity index is 1.50. The van der Waals surface area contributed by atoms with E-state index in [1.165, 1.54) is 16.7 Å². The maximum atomic E-state index is 6.06. The minimum atomic E-state index is 0.289. The van der Waals surface area contributed by atoms with Crippen LogP contribution in [0.3, 0.4) is 0 Å². The lowest BCUT2D eigenvalue weighted by molar-refractivity contribution is 0.425. The van der Waals surface area contributed by atoms with Crippen molar-refractivity contribution in [2.45, 2.75) is 37.8 Å². The number of aryl methyl sites for hydroxylation is 1. The van der Waals surface area contributed by atoms with Crippen molar-refractivity contribution in [1.29, 1.82) is 0 Å². The summed E-state index contributed by atoms with van der Waals surface area (Å²) in [6.45, 7) is 2.57. The minimum absolute atomic E-state index is 0.289. The molecule has 0 aliphatic heterocycles. The van der Waals surface area contributed by atoms with Crippen LogP contribution in [0.15, 0.2) is 91.0 Å². The van der Waals surface area contributed by atoms with Crippen LogP contribution < -0.4 is 16.4 Å². The van der Waals surface area contributed by atoms with Gasteiger partial charge in [0.1, 0.15) is 0 Å². The molecule has 2 atom stereocenters. The zero-order valence-electron chi connectivity index (χ0n) is 17.8. The summed E-state index contributed by atoms with van der Waals surface area (Å²) in [5.74, 6) is 0. The Morgan fingerprint density at radius 3 is 1.63 bits per heavy atom. The zero-order chi connectivity index (χ0) is 20.9. The molecule has 0 heterocycles. The molecule has 0 saturated heterocycles. The van der Waals surface area contributed by atoms with Gasteiger partial charge in [0.2, 0.25) is 0 Å². The van der Waals surface area contributed by atoms with Crippen LogP contribution in [-0.4, -0.2) is 31.7 Å². The Morgan fingerprint density at radius 2 is 1.10 bits per heavy atom. The highest BCUT2D eigenvalue weighted by molar-refractivity contribution is 5.17. The van der Waals surface area contributed by atoms with Gasteiger partial charge in [0.15, 0.2) is 0 Å². The molecule has 0 aliphatic carbocycles. The van der Waals surface area contributed by atoms with E-state index in [1.54, 1.807) is 0 Å². The first kappa shape index (κ1) is 22.2. The first-order chi connectivity index (χ1) is 14.8. The number of hydrogen-bond acceptors (Lipinski definition) is 3. The monoisotopic (exact) mass is 401 g/mol. The number of rotatable bonds is 13. The molecule has 0 aromatic heterocycles. The third-order valence-electron chi connectivity index (χ3n) is 5.51. The lowest BCUT2D eigenvalue weighted by Gasteiger charge is -2.24. The topological polar surface area (TPSA) is 50.1 Å². The molecule has 3 nitrogen and oxygen atoms in total. The quantitative estimate of drug-likeness (QED) is 0.380. The SMILES string of the molecule is NCC(Cc1ccccc1)NCC(Cc1ccccc1)NCCCc1ccccc1. The second-order valence-corrected chi connectivity index (χ2v) is 7.96. The van der Waals surface area contributed by atoms with Crippen molar-refractivity contribution in [3.8, 4) is 0 Å². The van der Waals surface area contributed by atoms with Crippen LogP contribution in [0.5, 0.6) is 0 Å². The summed E-state index contributed by atoms with van der Waals surface area (Å²) in [5, 5.41) is 7.49. The smallest absolute Gasteiger partial charge is 0.0232 e. The highest BCUT2D eigenvalue weighted by Crippen LogP contribution is 2.06. The first-order valence-electron chi connectivity index (χ1n) is 11.1. The first-order valence-corrected chi connectivity index (χ1v) is 11.1. The maximum absolute atomic E-state index is 6.06. The van der Waals surface area contributed by atoms with Crippen LogP contribution in [0, 0.1) is 0 Å². The van der Waals surface area contributed by atoms with Crippen LogP contribution in [-0.2, 0) is 19.3 Å². The van der Waals surface area contributed by atoms with Crippen molar-refractivity contribution in [1.82, 2.24) is 10.6 Å². The van der Waals surface area contributed by atoms with Crippen LogP contribution in [0.25, 0.3) is 0 Å². The zero-order valence-corrected chi connectivity index (χ0v) is 17.8. The van der Waals surface area contributed by atoms with Crippen LogP contribution in [0.4, 0.5) is 0 Å². The van der Waals surface area contributed by atoms with Crippen molar-refractivity contribution in [3.05, 3.63) is 108 Å². The van der Waals surface area contributed by atoms with Gasteiger partial charge in [-0.05, 0) is 48.9 Å². The molecule has 3 aromatic carbocycles. The van der Waals surface area contributed by atoms with E-state index in [1.807, 2.05) is 0 Å². The number of nitrogens with one attached hydrogen (secondary N) is 2. The summed E-state index contributed by atoms with van der Waals surface area (Å²) >= 11 is 0. The van der Waals surface area contributed by atoms with E-state index < -0.39 is 0 Å².